The highest BCUT2D eigenvalue weighted by atomic mass is 16.4. The Morgan fingerprint density at radius 2 is 2.30 bits per heavy atom. The summed E-state index contributed by atoms with van der Waals surface area (Å²) in [4.78, 5) is 16.7. The van der Waals surface area contributed by atoms with Gasteiger partial charge in [0.15, 0.2) is 0 Å². The first-order valence-corrected chi connectivity index (χ1v) is 6.35. The summed E-state index contributed by atoms with van der Waals surface area (Å²) in [5.41, 5.74) is 6.69. The Balaban J connectivity index is 2.20. The van der Waals surface area contributed by atoms with Crippen molar-refractivity contribution in [1.29, 1.82) is 0 Å². The van der Waals surface area contributed by atoms with Crippen molar-refractivity contribution in [2.75, 3.05) is 12.3 Å². The number of pyridine rings is 1. The molecule has 0 unspecified atom stereocenters. The fourth-order valence-electron chi connectivity index (χ4n) is 2.29. The Hall–Kier alpha value is -2.48. The van der Waals surface area contributed by atoms with Crippen molar-refractivity contribution >= 4 is 11.9 Å². The van der Waals surface area contributed by atoms with Crippen molar-refractivity contribution < 1.29 is 9.90 Å². The summed E-state index contributed by atoms with van der Waals surface area (Å²) in [5.74, 6) is 6.28. The highest BCUT2D eigenvalue weighted by Gasteiger charge is 2.39. The predicted octanol–water partition coefficient (Wildman–Crippen LogP) is 2.10. The number of likely N-dealkylation sites (tertiary alicyclic amines) is 1. The number of nitrogen functional groups attached to an aromatic ring is 1. The summed E-state index contributed by atoms with van der Waals surface area (Å²) in [5, 5.41) is 9.14. The molecule has 1 fully saturated rings. The average Bonchev–Trinajstić information content (AvgIpc) is 2.65. The second-order valence-corrected chi connectivity index (χ2v) is 5.13. The fourth-order valence-corrected chi connectivity index (χ4v) is 2.29. The number of carbonyl (C=O) groups is 1. The molecule has 20 heavy (non-hydrogen) atoms. The second-order valence-electron chi connectivity index (χ2n) is 5.13. The molecule has 1 saturated heterocycles. The maximum Gasteiger partial charge on any atom is 0.408 e. The molecule has 0 spiro atoms. The number of aromatic nitrogens is 1. The van der Waals surface area contributed by atoms with Crippen LogP contribution in [-0.4, -0.2) is 33.2 Å². The summed E-state index contributed by atoms with van der Waals surface area (Å²) in [6, 6.07) is 5.28. The van der Waals surface area contributed by atoms with Gasteiger partial charge < -0.3 is 10.8 Å². The van der Waals surface area contributed by atoms with Gasteiger partial charge in [-0.1, -0.05) is 12.0 Å². The highest BCUT2D eigenvalue weighted by Crippen LogP contribution is 2.33. The number of amides is 1. The number of allylic oxidation sites excluding steroid dienone is 1. The van der Waals surface area contributed by atoms with Crippen LogP contribution >= 0.6 is 0 Å². The molecule has 0 bridgehead atoms. The van der Waals surface area contributed by atoms with Gasteiger partial charge in [0.2, 0.25) is 0 Å². The van der Waals surface area contributed by atoms with Crippen molar-refractivity contribution in [3.63, 3.8) is 0 Å². The molecule has 0 saturated carbocycles. The minimum Gasteiger partial charge on any atom is -0.465 e. The van der Waals surface area contributed by atoms with Gasteiger partial charge in [-0.2, -0.15) is 0 Å². The van der Waals surface area contributed by atoms with E-state index in [9.17, 15) is 4.79 Å². The van der Waals surface area contributed by atoms with Crippen LogP contribution in [-0.2, 0) is 0 Å². The van der Waals surface area contributed by atoms with Gasteiger partial charge in [0.1, 0.15) is 11.5 Å². The van der Waals surface area contributed by atoms with Crippen LogP contribution in [0.2, 0.25) is 0 Å². The Morgan fingerprint density at radius 1 is 1.55 bits per heavy atom. The third-order valence-corrected chi connectivity index (χ3v) is 3.51. The van der Waals surface area contributed by atoms with E-state index in [-0.39, 0.29) is 0 Å². The Morgan fingerprint density at radius 3 is 2.90 bits per heavy atom. The van der Waals surface area contributed by atoms with Crippen LogP contribution in [0.1, 0.15) is 26.0 Å². The van der Waals surface area contributed by atoms with E-state index in [1.165, 1.54) is 4.90 Å². The molecule has 1 aliphatic heterocycles. The van der Waals surface area contributed by atoms with Crippen LogP contribution in [0.25, 0.3) is 0 Å². The van der Waals surface area contributed by atoms with Gasteiger partial charge in [-0.3, -0.25) is 4.90 Å². The molecule has 1 amide bonds. The van der Waals surface area contributed by atoms with E-state index in [1.54, 1.807) is 24.3 Å². The van der Waals surface area contributed by atoms with Crippen molar-refractivity contribution in [1.82, 2.24) is 9.88 Å². The molecule has 0 atom stereocenters. The standard InChI is InChI=1S/C15H17N3O2/c1-15(2)11(9-10-18(15)14(19)20)5-3-6-12-7-4-8-13(16)17-12/h4-5,7-8H,9-10H2,1-2H3,(H2,16,17)(H,19,20)/b11-5+. The zero-order chi connectivity index (χ0) is 14.8. The second kappa shape index (κ2) is 5.25. The first-order chi connectivity index (χ1) is 9.41. The zero-order valence-corrected chi connectivity index (χ0v) is 11.6. The number of hydrogen-bond acceptors (Lipinski definition) is 3. The lowest BCUT2D eigenvalue weighted by Crippen LogP contribution is -2.42. The molecule has 5 nitrogen and oxygen atoms in total. The summed E-state index contributed by atoms with van der Waals surface area (Å²) in [6.07, 6.45) is 1.59. The van der Waals surface area contributed by atoms with Crippen molar-refractivity contribution in [3.05, 3.63) is 35.5 Å². The summed E-state index contributed by atoms with van der Waals surface area (Å²) in [7, 11) is 0. The fraction of sp³-hybridized carbons (Fsp3) is 0.333. The van der Waals surface area contributed by atoms with E-state index in [0.717, 1.165) is 5.57 Å². The molecule has 1 aromatic rings. The molecule has 104 valence electrons. The normalized spacial score (nSPS) is 18.7. The van der Waals surface area contributed by atoms with Crippen LogP contribution < -0.4 is 5.73 Å². The van der Waals surface area contributed by atoms with E-state index in [0.29, 0.717) is 24.5 Å². The Labute approximate surface area is 118 Å². The van der Waals surface area contributed by atoms with E-state index in [2.05, 4.69) is 16.8 Å². The molecular weight excluding hydrogens is 254 g/mol. The van der Waals surface area contributed by atoms with Crippen molar-refractivity contribution in [3.8, 4) is 11.8 Å². The largest absolute Gasteiger partial charge is 0.465 e. The van der Waals surface area contributed by atoms with Crippen molar-refractivity contribution in [2.24, 2.45) is 0 Å². The lowest BCUT2D eigenvalue weighted by atomic mass is 9.95. The Kier molecular flexibility index (Phi) is 3.66. The lowest BCUT2D eigenvalue weighted by molar-refractivity contribution is 0.124. The molecule has 5 heteroatoms. The van der Waals surface area contributed by atoms with Gasteiger partial charge in [0.05, 0.1) is 5.54 Å². The zero-order valence-electron chi connectivity index (χ0n) is 11.6. The van der Waals surface area contributed by atoms with E-state index in [1.807, 2.05) is 13.8 Å². The average molecular weight is 271 g/mol. The minimum atomic E-state index is -0.899. The quantitative estimate of drug-likeness (QED) is 0.708. The maximum atomic E-state index is 11.1. The van der Waals surface area contributed by atoms with Crippen LogP contribution in [0, 0.1) is 11.8 Å². The lowest BCUT2D eigenvalue weighted by Gasteiger charge is -2.29. The maximum absolute atomic E-state index is 11.1. The molecule has 1 aliphatic rings. The van der Waals surface area contributed by atoms with Gasteiger partial charge >= 0.3 is 6.09 Å². The summed E-state index contributed by atoms with van der Waals surface area (Å²) >= 11 is 0. The number of hydrogen-bond donors (Lipinski definition) is 2. The predicted molar refractivity (Wildman–Crippen MR) is 77.0 cm³/mol. The molecule has 2 rings (SSSR count). The molecule has 0 aromatic carbocycles. The van der Waals surface area contributed by atoms with Crippen LogP contribution in [0.5, 0.6) is 0 Å². The van der Waals surface area contributed by atoms with Gasteiger partial charge in [-0.05, 0) is 50.0 Å². The highest BCUT2D eigenvalue weighted by molar-refractivity contribution is 5.68. The molecule has 0 aliphatic carbocycles. The number of anilines is 1. The third kappa shape index (κ3) is 2.75. The minimum absolute atomic E-state index is 0.433. The molecular formula is C15H17N3O2. The first-order valence-electron chi connectivity index (χ1n) is 6.35. The SMILES string of the molecule is CC1(C)/C(=C/C#Cc2cccc(N)n2)CCN1C(=O)O. The van der Waals surface area contributed by atoms with Gasteiger partial charge in [0.25, 0.3) is 0 Å². The molecule has 1 aromatic heterocycles. The number of rotatable bonds is 0. The Bertz CT molecular complexity index is 623. The summed E-state index contributed by atoms with van der Waals surface area (Å²) < 4.78 is 0. The van der Waals surface area contributed by atoms with Crippen LogP contribution in [0.15, 0.2) is 29.8 Å². The monoisotopic (exact) mass is 271 g/mol. The molecule has 3 N–H and O–H groups in total. The first kappa shape index (κ1) is 13.9. The third-order valence-electron chi connectivity index (χ3n) is 3.51. The van der Waals surface area contributed by atoms with Crippen molar-refractivity contribution in [2.45, 2.75) is 25.8 Å². The van der Waals surface area contributed by atoms with Gasteiger partial charge in [-0.25, -0.2) is 9.78 Å². The number of nitrogens with two attached hydrogens (primary N) is 1. The number of carboxylic acid groups (broad SMARTS) is 1. The molecule has 0 radical (unpaired) electrons. The van der Waals surface area contributed by atoms with Crippen LogP contribution in [0.3, 0.4) is 0 Å². The number of nitrogens with zero attached hydrogens (tertiary/aromatic N) is 2. The van der Waals surface area contributed by atoms with Gasteiger partial charge in [-0.15, -0.1) is 0 Å². The smallest absolute Gasteiger partial charge is 0.408 e. The van der Waals surface area contributed by atoms with Gasteiger partial charge in [0, 0.05) is 6.54 Å². The van der Waals surface area contributed by atoms with E-state index in [4.69, 9.17) is 10.8 Å². The van der Waals surface area contributed by atoms with Crippen LogP contribution in [0.4, 0.5) is 10.6 Å². The molecule has 2 heterocycles. The van der Waals surface area contributed by atoms with E-state index < -0.39 is 11.6 Å². The topological polar surface area (TPSA) is 79.5 Å². The summed E-state index contributed by atoms with van der Waals surface area (Å²) in [6.45, 7) is 4.28. The van der Waals surface area contributed by atoms with E-state index >= 15 is 0 Å².